The van der Waals surface area contributed by atoms with Crippen LogP contribution in [0.25, 0.3) is 11.1 Å². The number of oxazole rings is 1. The fourth-order valence-electron chi connectivity index (χ4n) is 2.98. The molecule has 0 bridgehead atoms. The molecule has 0 atom stereocenters. The van der Waals surface area contributed by atoms with E-state index in [1.807, 2.05) is 24.3 Å². The molecule has 4 heteroatoms. The Labute approximate surface area is 111 Å². The normalized spacial score (nSPS) is 18.5. The van der Waals surface area contributed by atoms with Gasteiger partial charge in [0.25, 0.3) is 0 Å². The van der Waals surface area contributed by atoms with Crippen molar-refractivity contribution >= 4 is 17.1 Å². The topological polar surface area (TPSA) is 63.3 Å². The number of para-hydroxylation sites is 2. The average Bonchev–Trinajstić information content (AvgIpc) is 2.81. The molecule has 0 saturated heterocycles. The van der Waals surface area contributed by atoms with Crippen LogP contribution in [-0.2, 0) is 11.2 Å². The molecule has 19 heavy (non-hydrogen) atoms. The van der Waals surface area contributed by atoms with Crippen molar-refractivity contribution in [2.45, 2.75) is 38.5 Å². The van der Waals surface area contributed by atoms with Gasteiger partial charge in [0.15, 0.2) is 11.5 Å². The number of hydrogen-bond acceptors (Lipinski definition) is 3. The highest BCUT2D eigenvalue weighted by molar-refractivity contribution is 5.76. The SMILES string of the molecule is O=C(O)C1(Cc2nc3ccccc3o2)CCCCC1. The molecule has 1 heterocycles. The molecule has 3 rings (SSSR count). The number of carbonyl (C=O) groups is 1. The van der Waals surface area contributed by atoms with E-state index in [0.717, 1.165) is 43.2 Å². The first kappa shape index (κ1) is 12.2. The summed E-state index contributed by atoms with van der Waals surface area (Å²) in [7, 11) is 0. The maximum absolute atomic E-state index is 11.6. The molecule has 0 radical (unpaired) electrons. The third-order valence-corrected chi connectivity index (χ3v) is 4.09. The van der Waals surface area contributed by atoms with E-state index in [9.17, 15) is 9.90 Å². The molecular formula is C15H17NO3. The lowest BCUT2D eigenvalue weighted by Crippen LogP contribution is -2.35. The Hall–Kier alpha value is -1.84. The van der Waals surface area contributed by atoms with Gasteiger partial charge in [-0.05, 0) is 25.0 Å². The lowest BCUT2D eigenvalue weighted by atomic mass is 9.72. The van der Waals surface area contributed by atoms with Crippen molar-refractivity contribution < 1.29 is 14.3 Å². The predicted octanol–water partition coefficient (Wildman–Crippen LogP) is 3.41. The van der Waals surface area contributed by atoms with Gasteiger partial charge in [-0.2, -0.15) is 0 Å². The van der Waals surface area contributed by atoms with Crippen LogP contribution in [0.3, 0.4) is 0 Å². The van der Waals surface area contributed by atoms with Gasteiger partial charge >= 0.3 is 5.97 Å². The number of aliphatic carboxylic acids is 1. The molecule has 1 aliphatic carbocycles. The highest BCUT2D eigenvalue weighted by Gasteiger charge is 2.41. The van der Waals surface area contributed by atoms with E-state index in [4.69, 9.17) is 4.42 Å². The molecule has 1 aromatic heterocycles. The summed E-state index contributed by atoms with van der Waals surface area (Å²) in [6.07, 6.45) is 4.93. The summed E-state index contributed by atoms with van der Waals surface area (Å²) in [5, 5.41) is 9.56. The Morgan fingerprint density at radius 3 is 2.68 bits per heavy atom. The molecule has 2 aromatic rings. The minimum absolute atomic E-state index is 0.400. The van der Waals surface area contributed by atoms with E-state index in [1.165, 1.54) is 0 Å². The third kappa shape index (κ3) is 2.23. The van der Waals surface area contributed by atoms with Crippen molar-refractivity contribution in [1.82, 2.24) is 4.98 Å². The number of aromatic nitrogens is 1. The summed E-state index contributed by atoms with van der Waals surface area (Å²) < 4.78 is 5.67. The molecule has 100 valence electrons. The van der Waals surface area contributed by atoms with Crippen molar-refractivity contribution in [3.8, 4) is 0 Å². The lowest BCUT2D eigenvalue weighted by Gasteiger charge is -2.31. The van der Waals surface area contributed by atoms with Crippen LogP contribution < -0.4 is 0 Å². The monoisotopic (exact) mass is 259 g/mol. The Morgan fingerprint density at radius 1 is 1.26 bits per heavy atom. The van der Waals surface area contributed by atoms with Gasteiger partial charge in [0.2, 0.25) is 0 Å². The van der Waals surface area contributed by atoms with Crippen LogP contribution in [0.2, 0.25) is 0 Å². The number of rotatable bonds is 3. The smallest absolute Gasteiger partial charge is 0.310 e. The van der Waals surface area contributed by atoms with Gasteiger partial charge in [-0.15, -0.1) is 0 Å². The summed E-state index contributed by atoms with van der Waals surface area (Å²) >= 11 is 0. The fourth-order valence-corrected chi connectivity index (χ4v) is 2.98. The van der Waals surface area contributed by atoms with Gasteiger partial charge in [-0.1, -0.05) is 31.4 Å². The number of carboxylic acids is 1. The first-order valence-electron chi connectivity index (χ1n) is 6.77. The Balaban J connectivity index is 1.91. The molecule has 1 aromatic carbocycles. The summed E-state index contributed by atoms with van der Waals surface area (Å²) in [4.78, 5) is 16.0. The maximum Gasteiger partial charge on any atom is 0.310 e. The zero-order chi connectivity index (χ0) is 13.3. The van der Waals surface area contributed by atoms with Gasteiger partial charge in [0.1, 0.15) is 5.52 Å². The summed E-state index contributed by atoms with van der Waals surface area (Å²) in [5.74, 6) is -0.167. The van der Waals surface area contributed by atoms with Crippen LogP contribution in [0.4, 0.5) is 0 Å². The van der Waals surface area contributed by atoms with E-state index in [-0.39, 0.29) is 0 Å². The maximum atomic E-state index is 11.6. The van der Waals surface area contributed by atoms with Crippen molar-refractivity contribution in [1.29, 1.82) is 0 Å². The zero-order valence-electron chi connectivity index (χ0n) is 10.8. The third-order valence-electron chi connectivity index (χ3n) is 4.09. The molecular weight excluding hydrogens is 242 g/mol. The zero-order valence-corrected chi connectivity index (χ0v) is 10.8. The lowest BCUT2D eigenvalue weighted by molar-refractivity contribution is -0.151. The molecule has 1 N–H and O–H groups in total. The van der Waals surface area contributed by atoms with Gasteiger partial charge in [-0.25, -0.2) is 4.98 Å². The van der Waals surface area contributed by atoms with Gasteiger partial charge in [0, 0.05) is 6.42 Å². The summed E-state index contributed by atoms with van der Waals surface area (Å²) in [5.41, 5.74) is 0.849. The van der Waals surface area contributed by atoms with Crippen molar-refractivity contribution in [2.24, 2.45) is 5.41 Å². The molecule has 4 nitrogen and oxygen atoms in total. The van der Waals surface area contributed by atoms with E-state index in [0.29, 0.717) is 12.3 Å². The van der Waals surface area contributed by atoms with Crippen LogP contribution in [-0.4, -0.2) is 16.1 Å². The molecule has 0 spiro atoms. The summed E-state index contributed by atoms with van der Waals surface area (Å²) in [6, 6.07) is 7.55. The minimum Gasteiger partial charge on any atom is -0.481 e. The number of nitrogens with zero attached hydrogens (tertiary/aromatic N) is 1. The first-order chi connectivity index (χ1) is 9.20. The Bertz CT molecular complexity index is 563. The fraction of sp³-hybridized carbons (Fsp3) is 0.467. The predicted molar refractivity (Wildman–Crippen MR) is 70.9 cm³/mol. The Morgan fingerprint density at radius 2 is 2.00 bits per heavy atom. The van der Waals surface area contributed by atoms with Gasteiger partial charge in [-0.3, -0.25) is 4.79 Å². The highest BCUT2D eigenvalue weighted by Crippen LogP contribution is 2.39. The number of hydrogen-bond donors (Lipinski definition) is 1. The molecule has 0 aliphatic heterocycles. The highest BCUT2D eigenvalue weighted by atomic mass is 16.4. The van der Waals surface area contributed by atoms with E-state index < -0.39 is 11.4 Å². The van der Waals surface area contributed by atoms with Crippen LogP contribution in [0.5, 0.6) is 0 Å². The second-order valence-electron chi connectivity index (χ2n) is 5.40. The van der Waals surface area contributed by atoms with Crippen molar-refractivity contribution in [2.75, 3.05) is 0 Å². The molecule has 0 unspecified atom stereocenters. The van der Waals surface area contributed by atoms with E-state index in [2.05, 4.69) is 4.98 Å². The van der Waals surface area contributed by atoms with Crippen LogP contribution in [0.1, 0.15) is 38.0 Å². The van der Waals surface area contributed by atoms with Gasteiger partial charge in [0.05, 0.1) is 5.41 Å². The van der Waals surface area contributed by atoms with Gasteiger partial charge < -0.3 is 9.52 Å². The van der Waals surface area contributed by atoms with Crippen LogP contribution in [0.15, 0.2) is 28.7 Å². The molecule has 0 amide bonds. The van der Waals surface area contributed by atoms with E-state index in [1.54, 1.807) is 0 Å². The van der Waals surface area contributed by atoms with Crippen LogP contribution >= 0.6 is 0 Å². The first-order valence-corrected chi connectivity index (χ1v) is 6.77. The second-order valence-corrected chi connectivity index (χ2v) is 5.40. The second kappa shape index (κ2) is 4.68. The molecule has 1 fully saturated rings. The quantitative estimate of drug-likeness (QED) is 0.917. The molecule has 1 aliphatic rings. The minimum atomic E-state index is -0.713. The van der Waals surface area contributed by atoms with Crippen molar-refractivity contribution in [3.63, 3.8) is 0 Å². The molecule has 1 saturated carbocycles. The van der Waals surface area contributed by atoms with Crippen LogP contribution in [0, 0.1) is 5.41 Å². The average molecular weight is 259 g/mol. The number of benzene rings is 1. The number of carboxylic acid groups (broad SMARTS) is 1. The largest absolute Gasteiger partial charge is 0.481 e. The standard InChI is InChI=1S/C15H17NO3/c17-14(18)15(8-4-1-5-9-15)10-13-16-11-6-2-3-7-12(11)19-13/h2-3,6-7H,1,4-5,8-10H2,(H,17,18). The van der Waals surface area contributed by atoms with Crippen molar-refractivity contribution in [3.05, 3.63) is 30.2 Å². The van der Waals surface area contributed by atoms with E-state index >= 15 is 0 Å². The summed E-state index contributed by atoms with van der Waals surface area (Å²) in [6.45, 7) is 0. The number of fused-ring (bicyclic) bond motifs is 1. The Kier molecular flexibility index (Phi) is 3.01.